The minimum absolute atomic E-state index is 0.402. The second kappa shape index (κ2) is 4.04. The number of hydrogen-bond acceptors (Lipinski definition) is 3. The maximum Gasteiger partial charge on any atom is 0.0619 e. The van der Waals surface area contributed by atoms with E-state index >= 15 is 0 Å². The van der Waals surface area contributed by atoms with Crippen molar-refractivity contribution in [3.8, 4) is 0 Å². The molecule has 11 heavy (non-hydrogen) atoms. The van der Waals surface area contributed by atoms with Gasteiger partial charge in [-0.05, 0) is 13.8 Å². The SMILES string of the molecule is CCOCC(C)N1CC(N)C1. The Labute approximate surface area is 68.5 Å². The van der Waals surface area contributed by atoms with Gasteiger partial charge in [-0.1, -0.05) is 0 Å². The standard InChI is InChI=1S/C8H18N2O/c1-3-11-6-7(2)10-4-8(9)5-10/h7-8H,3-6,9H2,1-2H3. The fraction of sp³-hybridized carbons (Fsp3) is 1.00. The molecule has 1 fully saturated rings. The summed E-state index contributed by atoms with van der Waals surface area (Å²) in [5.74, 6) is 0. The van der Waals surface area contributed by atoms with E-state index in [0.29, 0.717) is 12.1 Å². The van der Waals surface area contributed by atoms with Crippen LogP contribution in [0.2, 0.25) is 0 Å². The Morgan fingerprint density at radius 2 is 2.27 bits per heavy atom. The molecule has 2 N–H and O–H groups in total. The highest BCUT2D eigenvalue weighted by Gasteiger charge is 2.26. The van der Waals surface area contributed by atoms with Crippen LogP contribution in [-0.2, 0) is 4.74 Å². The summed E-state index contributed by atoms with van der Waals surface area (Å²) in [6, 6.07) is 0.939. The molecule has 1 heterocycles. The van der Waals surface area contributed by atoms with Crippen LogP contribution in [0, 0.1) is 0 Å². The molecule has 1 saturated heterocycles. The first-order valence-corrected chi connectivity index (χ1v) is 4.31. The minimum Gasteiger partial charge on any atom is -0.380 e. The zero-order chi connectivity index (χ0) is 8.27. The van der Waals surface area contributed by atoms with E-state index in [1.165, 1.54) is 0 Å². The topological polar surface area (TPSA) is 38.5 Å². The molecular formula is C8H18N2O. The van der Waals surface area contributed by atoms with Crippen LogP contribution in [0.25, 0.3) is 0 Å². The molecule has 1 unspecified atom stereocenters. The van der Waals surface area contributed by atoms with Crippen molar-refractivity contribution in [3.63, 3.8) is 0 Å². The number of likely N-dealkylation sites (tertiary alicyclic amines) is 1. The van der Waals surface area contributed by atoms with Crippen molar-refractivity contribution >= 4 is 0 Å². The van der Waals surface area contributed by atoms with Gasteiger partial charge in [-0.3, -0.25) is 4.90 Å². The van der Waals surface area contributed by atoms with Gasteiger partial charge >= 0.3 is 0 Å². The van der Waals surface area contributed by atoms with Gasteiger partial charge in [-0.25, -0.2) is 0 Å². The molecule has 1 atom stereocenters. The summed E-state index contributed by atoms with van der Waals surface area (Å²) in [4.78, 5) is 2.35. The molecule has 0 aromatic rings. The third-order valence-corrected chi connectivity index (χ3v) is 2.12. The molecule has 0 bridgehead atoms. The van der Waals surface area contributed by atoms with E-state index in [4.69, 9.17) is 10.5 Å². The van der Waals surface area contributed by atoms with Crippen molar-refractivity contribution in [3.05, 3.63) is 0 Å². The Morgan fingerprint density at radius 3 is 2.73 bits per heavy atom. The maximum atomic E-state index is 5.65. The largest absolute Gasteiger partial charge is 0.380 e. The van der Waals surface area contributed by atoms with E-state index in [0.717, 1.165) is 26.3 Å². The molecule has 0 saturated carbocycles. The molecule has 3 nitrogen and oxygen atoms in total. The van der Waals surface area contributed by atoms with Crippen LogP contribution in [0.4, 0.5) is 0 Å². The molecule has 0 aromatic carbocycles. The zero-order valence-electron chi connectivity index (χ0n) is 7.42. The summed E-state index contributed by atoms with van der Waals surface area (Å²) in [6.45, 7) is 7.92. The molecule has 1 aliphatic rings. The van der Waals surface area contributed by atoms with E-state index in [9.17, 15) is 0 Å². The minimum atomic E-state index is 0.402. The highest BCUT2D eigenvalue weighted by atomic mass is 16.5. The first-order chi connectivity index (χ1) is 5.24. The quantitative estimate of drug-likeness (QED) is 0.628. The van der Waals surface area contributed by atoms with Crippen molar-refractivity contribution in [2.45, 2.75) is 25.9 Å². The number of ether oxygens (including phenoxy) is 1. The second-order valence-corrected chi connectivity index (χ2v) is 3.22. The van der Waals surface area contributed by atoms with Crippen LogP contribution in [0.1, 0.15) is 13.8 Å². The molecule has 66 valence electrons. The summed E-state index contributed by atoms with van der Waals surface area (Å²) in [6.07, 6.45) is 0. The highest BCUT2D eigenvalue weighted by molar-refractivity contribution is 4.85. The Hall–Kier alpha value is -0.120. The average Bonchev–Trinajstić information content (AvgIpc) is 1.94. The summed E-state index contributed by atoms with van der Waals surface area (Å²) in [5, 5.41) is 0. The van der Waals surface area contributed by atoms with Crippen molar-refractivity contribution in [2.75, 3.05) is 26.3 Å². The summed E-state index contributed by atoms with van der Waals surface area (Å²) in [5.41, 5.74) is 5.65. The van der Waals surface area contributed by atoms with Gasteiger partial charge in [-0.2, -0.15) is 0 Å². The van der Waals surface area contributed by atoms with Gasteiger partial charge in [-0.15, -0.1) is 0 Å². The fourth-order valence-electron chi connectivity index (χ4n) is 1.30. The van der Waals surface area contributed by atoms with E-state index in [-0.39, 0.29) is 0 Å². The molecular weight excluding hydrogens is 140 g/mol. The number of hydrogen-bond donors (Lipinski definition) is 1. The van der Waals surface area contributed by atoms with Crippen LogP contribution in [-0.4, -0.2) is 43.3 Å². The normalized spacial score (nSPS) is 23.2. The third kappa shape index (κ3) is 2.43. The molecule has 3 heteroatoms. The first kappa shape index (κ1) is 8.97. The lowest BCUT2D eigenvalue weighted by atomic mass is 10.1. The Bertz CT molecular complexity index is 113. The van der Waals surface area contributed by atoms with Crippen LogP contribution < -0.4 is 5.73 Å². The van der Waals surface area contributed by atoms with Crippen molar-refractivity contribution in [2.24, 2.45) is 5.73 Å². The van der Waals surface area contributed by atoms with Crippen LogP contribution in [0.3, 0.4) is 0 Å². The van der Waals surface area contributed by atoms with E-state index in [2.05, 4.69) is 11.8 Å². The second-order valence-electron chi connectivity index (χ2n) is 3.22. The van der Waals surface area contributed by atoms with Gasteiger partial charge in [0.2, 0.25) is 0 Å². The zero-order valence-corrected chi connectivity index (χ0v) is 7.42. The monoisotopic (exact) mass is 158 g/mol. The summed E-state index contributed by atoms with van der Waals surface area (Å²) >= 11 is 0. The Balaban J connectivity index is 2.06. The number of nitrogens with two attached hydrogens (primary N) is 1. The van der Waals surface area contributed by atoms with Crippen LogP contribution in [0.15, 0.2) is 0 Å². The Kier molecular flexibility index (Phi) is 3.30. The fourth-order valence-corrected chi connectivity index (χ4v) is 1.30. The van der Waals surface area contributed by atoms with Crippen molar-refractivity contribution in [1.82, 2.24) is 4.90 Å². The van der Waals surface area contributed by atoms with E-state index in [1.807, 2.05) is 6.92 Å². The van der Waals surface area contributed by atoms with Crippen molar-refractivity contribution < 1.29 is 4.74 Å². The maximum absolute atomic E-state index is 5.65. The molecule has 0 aromatic heterocycles. The van der Waals surface area contributed by atoms with Gasteiger partial charge in [0.1, 0.15) is 0 Å². The first-order valence-electron chi connectivity index (χ1n) is 4.31. The third-order valence-electron chi connectivity index (χ3n) is 2.12. The predicted molar refractivity (Wildman–Crippen MR) is 45.5 cm³/mol. The summed E-state index contributed by atoms with van der Waals surface area (Å²) < 4.78 is 5.30. The molecule has 1 rings (SSSR count). The van der Waals surface area contributed by atoms with E-state index < -0.39 is 0 Å². The molecule has 0 spiro atoms. The lowest BCUT2D eigenvalue weighted by Gasteiger charge is -2.41. The van der Waals surface area contributed by atoms with Crippen LogP contribution in [0.5, 0.6) is 0 Å². The highest BCUT2D eigenvalue weighted by Crippen LogP contribution is 2.10. The van der Waals surface area contributed by atoms with Gasteiger partial charge in [0.05, 0.1) is 6.61 Å². The number of nitrogens with zero attached hydrogens (tertiary/aromatic N) is 1. The van der Waals surface area contributed by atoms with Gasteiger partial charge in [0.25, 0.3) is 0 Å². The smallest absolute Gasteiger partial charge is 0.0619 e. The van der Waals surface area contributed by atoms with Gasteiger partial charge in [0, 0.05) is 31.8 Å². The van der Waals surface area contributed by atoms with Crippen LogP contribution >= 0.6 is 0 Å². The molecule has 0 radical (unpaired) electrons. The molecule has 1 aliphatic heterocycles. The van der Waals surface area contributed by atoms with Crippen molar-refractivity contribution in [1.29, 1.82) is 0 Å². The molecule has 0 aliphatic carbocycles. The summed E-state index contributed by atoms with van der Waals surface area (Å²) in [7, 11) is 0. The Morgan fingerprint density at radius 1 is 1.64 bits per heavy atom. The lowest BCUT2D eigenvalue weighted by Crippen LogP contribution is -2.59. The average molecular weight is 158 g/mol. The molecule has 0 amide bonds. The number of rotatable bonds is 4. The van der Waals surface area contributed by atoms with Gasteiger partial charge < -0.3 is 10.5 Å². The van der Waals surface area contributed by atoms with E-state index in [1.54, 1.807) is 0 Å². The predicted octanol–water partition coefficient (Wildman–Crippen LogP) is 0.0543. The van der Waals surface area contributed by atoms with Gasteiger partial charge in [0.15, 0.2) is 0 Å². The lowest BCUT2D eigenvalue weighted by molar-refractivity contribution is 0.0327.